The van der Waals surface area contributed by atoms with Crippen LogP contribution in [0.15, 0.2) is 0 Å². The van der Waals surface area contributed by atoms with Gasteiger partial charge in [-0.1, -0.05) is 6.92 Å². The molecule has 0 spiro atoms. The molecule has 0 aromatic carbocycles. The first kappa shape index (κ1) is 15.7. The molecule has 6 heavy (non-hydrogen) atoms. The topological polar surface area (TPSA) is 14.1 Å². The molecule has 2 heteroatoms. The van der Waals surface area contributed by atoms with Crippen LogP contribution < -0.4 is 0 Å². The van der Waals surface area contributed by atoms with Crippen LogP contribution in [0.3, 0.4) is 0 Å². The molecule has 0 bridgehead atoms. The second kappa shape index (κ2) is 16.6. The van der Waals surface area contributed by atoms with Gasteiger partial charge < -0.3 is 12.7 Å². The SMILES string of the molecule is CC[N-]C.[CH3-].[Y]. The second-order valence-corrected chi connectivity index (χ2v) is 0.632. The van der Waals surface area contributed by atoms with Crippen molar-refractivity contribution < 1.29 is 32.7 Å². The smallest absolute Gasteiger partial charge is 0 e. The first-order valence-electron chi connectivity index (χ1n) is 1.47. The Morgan fingerprint density at radius 2 is 1.67 bits per heavy atom. The van der Waals surface area contributed by atoms with E-state index >= 15 is 0 Å². The zero-order chi connectivity index (χ0) is 3.41. The molecule has 0 aliphatic rings. The van der Waals surface area contributed by atoms with Gasteiger partial charge in [0.2, 0.25) is 0 Å². The largest absolute Gasteiger partial charge is 0.665 e. The van der Waals surface area contributed by atoms with Crippen LogP contribution in [0, 0.1) is 7.43 Å². The van der Waals surface area contributed by atoms with Crippen LogP contribution in [0.1, 0.15) is 6.92 Å². The fraction of sp³-hybridized carbons (Fsp3) is 0.750. The minimum absolute atomic E-state index is 0. The fourth-order valence-corrected chi connectivity index (χ4v) is 0. The van der Waals surface area contributed by atoms with Gasteiger partial charge in [0.25, 0.3) is 0 Å². The van der Waals surface area contributed by atoms with Gasteiger partial charge in [0.15, 0.2) is 0 Å². The quantitative estimate of drug-likeness (QED) is 0.518. The monoisotopic (exact) mass is 162 g/mol. The van der Waals surface area contributed by atoms with Crippen LogP contribution >= 0.6 is 0 Å². The molecule has 1 radical (unpaired) electrons. The molecular formula is C4H11NY-2. The van der Waals surface area contributed by atoms with E-state index in [4.69, 9.17) is 0 Å². The van der Waals surface area contributed by atoms with Gasteiger partial charge in [-0.15, -0.1) is 0 Å². The van der Waals surface area contributed by atoms with Crippen molar-refractivity contribution in [1.29, 1.82) is 0 Å². The maximum absolute atomic E-state index is 3.74. The van der Waals surface area contributed by atoms with Crippen molar-refractivity contribution in [1.82, 2.24) is 0 Å². The van der Waals surface area contributed by atoms with Gasteiger partial charge in [0.1, 0.15) is 0 Å². The van der Waals surface area contributed by atoms with Crippen molar-refractivity contribution in [3.8, 4) is 0 Å². The minimum Gasteiger partial charge on any atom is -0.665 e. The average molecular weight is 162 g/mol. The standard InChI is InChI=1S/C3H8N.CH3.Y/c1-3-4-2;;/h3H2,1-2H3;1H3;/q2*-1;. The van der Waals surface area contributed by atoms with Gasteiger partial charge in [-0.05, 0) is 0 Å². The van der Waals surface area contributed by atoms with Crippen molar-refractivity contribution in [2.75, 3.05) is 13.6 Å². The van der Waals surface area contributed by atoms with Gasteiger partial charge in [-0.2, -0.15) is 13.6 Å². The third-order valence-corrected chi connectivity index (χ3v) is 0.316. The summed E-state index contributed by atoms with van der Waals surface area (Å²) in [7, 11) is 1.81. The molecule has 1 nitrogen and oxygen atoms in total. The minimum atomic E-state index is 0. The summed E-state index contributed by atoms with van der Waals surface area (Å²) in [5, 5.41) is 3.74. The van der Waals surface area contributed by atoms with Crippen molar-refractivity contribution in [2.45, 2.75) is 6.92 Å². The maximum Gasteiger partial charge on any atom is 0 e. The Kier molecular flexibility index (Phi) is 43.4. The van der Waals surface area contributed by atoms with Crippen molar-refractivity contribution >= 4 is 0 Å². The first-order valence-corrected chi connectivity index (χ1v) is 1.47. The summed E-state index contributed by atoms with van der Waals surface area (Å²) in [6.07, 6.45) is 0. The maximum atomic E-state index is 3.74. The van der Waals surface area contributed by atoms with Crippen LogP contribution in [-0.2, 0) is 32.7 Å². The summed E-state index contributed by atoms with van der Waals surface area (Å²) in [4.78, 5) is 0. The van der Waals surface area contributed by atoms with Crippen LogP contribution in [0.25, 0.3) is 5.32 Å². The zero-order valence-corrected chi connectivity index (χ0v) is 7.57. The number of hydrogen-bond acceptors (Lipinski definition) is 0. The molecule has 0 aliphatic heterocycles. The van der Waals surface area contributed by atoms with E-state index in [1.807, 2.05) is 6.92 Å². The average Bonchev–Trinajstić information content (AvgIpc) is 1.37. The molecule has 0 saturated heterocycles. The van der Waals surface area contributed by atoms with Gasteiger partial charge >= 0.3 is 0 Å². The molecule has 0 amide bonds. The number of hydrogen-bond donors (Lipinski definition) is 0. The van der Waals surface area contributed by atoms with Crippen LogP contribution in [0.5, 0.6) is 0 Å². The Morgan fingerprint density at radius 1 is 1.50 bits per heavy atom. The van der Waals surface area contributed by atoms with Crippen LogP contribution in [0.2, 0.25) is 0 Å². The molecule has 0 rings (SSSR count). The van der Waals surface area contributed by atoms with Gasteiger partial charge in [-0.3, -0.25) is 0 Å². The number of rotatable bonds is 1. The Hall–Kier alpha value is 1.06. The molecule has 0 aromatic heterocycles. The van der Waals surface area contributed by atoms with Crippen molar-refractivity contribution in [3.05, 3.63) is 12.7 Å². The molecule has 0 aliphatic carbocycles. The molecule has 0 atom stereocenters. The van der Waals surface area contributed by atoms with Crippen molar-refractivity contribution in [3.63, 3.8) is 0 Å². The Morgan fingerprint density at radius 3 is 1.67 bits per heavy atom. The Labute approximate surface area is 65.8 Å². The molecule has 0 heterocycles. The van der Waals surface area contributed by atoms with Crippen LogP contribution in [0.4, 0.5) is 0 Å². The summed E-state index contributed by atoms with van der Waals surface area (Å²) in [6.45, 7) is 2.96. The van der Waals surface area contributed by atoms with E-state index in [2.05, 4.69) is 5.32 Å². The summed E-state index contributed by atoms with van der Waals surface area (Å²) >= 11 is 0. The summed E-state index contributed by atoms with van der Waals surface area (Å²) < 4.78 is 0. The molecule has 0 fully saturated rings. The Bertz CT molecular complexity index is 9.51. The third-order valence-electron chi connectivity index (χ3n) is 0.316. The molecule has 0 saturated carbocycles. The second-order valence-electron chi connectivity index (χ2n) is 0.632. The van der Waals surface area contributed by atoms with Crippen molar-refractivity contribution in [2.24, 2.45) is 0 Å². The Balaban J connectivity index is -0.0000000450. The molecule has 37 valence electrons. The van der Waals surface area contributed by atoms with Crippen LogP contribution in [-0.4, -0.2) is 13.6 Å². The predicted octanol–water partition coefficient (Wildman–Crippen LogP) is 1.46. The fourth-order valence-electron chi connectivity index (χ4n) is 0. The van der Waals surface area contributed by atoms with E-state index in [1.165, 1.54) is 0 Å². The van der Waals surface area contributed by atoms with E-state index in [9.17, 15) is 0 Å². The van der Waals surface area contributed by atoms with E-state index < -0.39 is 0 Å². The van der Waals surface area contributed by atoms with E-state index in [1.54, 1.807) is 7.05 Å². The zero-order valence-electron chi connectivity index (χ0n) is 4.73. The molecular weight excluding hydrogens is 151 g/mol. The predicted molar refractivity (Wildman–Crippen MR) is 26.2 cm³/mol. The number of nitrogens with zero attached hydrogens (tertiary/aromatic N) is 1. The summed E-state index contributed by atoms with van der Waals surface area (Å²) in [5.41, 5.74) is 0. The first-order chi connectivity index (χ1) is 1.91. The van der Waals surface area contributed by atoms with E-state index in [-0.39, 0.29) is 40.1 Å². The van der Waals surface area contributed by atoms with E-state index in [0.717, 1.165) is 6.54 Å². The molecule has 0 unspecified atom stereocenters. The van der Waals surface area contributed by atoms with Gasteiger partial charge in [0, 0.05) is 32.7 Å². The van der Waals surface area contributed by atoms with E-state index in [0.29, 0.717) is 0 Å². The van der Waals surface area contributed by atoms with Gasteiger partial charge in [0.05, 0.1) is 0 Å². The summed E-state index contributed by atoms with van der Waals surface area (Å²) in [6, 6.07) is 0. The molecule has 0 aromatic rings. The normalized spacial score (nSPS) is 5.00. The van der Waals surface area contributed by atoms with Gasteiger partial charge in [-0.25, -0.2) is 0 Å². The third kappa shape index (κ3) is 19.6. The molecule has 0 N–H and O–H groups in total. The summed E-state index contributed by atoms with van der Waals surface area (Å²) in [5.74, 6) is 0.